The summed E-state index contributed by atoms with van der Waals surface area (Å²) in [7, 11) is -3.11. The van der Waals surface area contributed by atoms with E-state index in [9.17, 15) is 18.5 Å². The molecular weight excluding hydrogens is 332 g/mol. The van der Waals surface area contributed by atoms with Crippen molar-refractivity contribution in [1.29, 1.82) is 0 Å². The maximum Gasteiger partial charge on any atom is 0.278 e. The molecular formula is C15H18N4O4S. The molecule has 9 heteroatoms. The Morgan fingerprint density at radius 2 is 2.12 bits per heavy atom. The summed E-state index contributed by atoms with van der Waals surface area (Å²) in [5.41, 5.74) is 1.28. The Kier molecular flexibility index (Phi) is 4.37. The molecule has 0 radical (unpaired) electrons. The average Bonchev–Trinajstić information content (AvgIpc) is 2.52. The van der Waals surface area contributed by atoms with Gasteiger partial charge in [-0.3, -0.25) is 15.1 Å². The van der Waals surface area contributed by atoms with E-state index >= 15 is 0 Å². The molecule has 1 N–H and O–H groups in total. The van der Waals surface area contributed by atoms with Crippen molar-refractivity contribution in [3.05, 3.63) is 40.6 Å². The van der Waals surface area contributed by atoms with E-state index in [1.807, 2.05) is 0 Å². The first-order valence-corrected chi connectivity index (χ1v) is 9.27. The highest BCUT2D eigenvalue weighted by atomic mass is 32.2. The Morgan fingerprint density at radius 1 is 1.38 bits per heavy atom. The van der Waals surface area contributed by atoms with Crippen LogP contribution in [0, 0.1) is 16.0 Å². The van der Waals surface area contributed by atoms with E-state index in [2.05, 4.69) is 10.3 Å². The third kappa shape index (κ3) is 3.04. The number of pyridine rings is 1. The van der Waals surface area contributed by atoms with Gasteiger partial charge in [0, 0.05) is 37.8 Å². The van der Waals surface area contributed by atoms with Gasteiger partial charge in [-0.2, -0.15) is 0 Å². The maximum atomic E-state index is 11.7. The normalized spacial score (nSPS) is 16.0. The van der Waals surface area contributed by atoms with Crippen molar-refractivity contribution < 1.29 is 13.3 Å². The number of hydrogen-bond donors (Lipinski definition) is 1. The molecule has 1 fully saturated rings. The summed E-state index contributed by atoms with van der Waals surface area (Å²) in [6, 6.07) is 6.44. The third-order valence-electron chi connectivity index (χ3n) is 4.21. The second kappa shape index (κ2) is 6.33. The van der Waals surface area contributed by atoms with Gasteiger partial charge in [-0.05, 0) is 25.1 Å². The van der Waals surface area contributed by atoms with Crippen LogP contribution < -0.4 is 5.32 Å². The lowest BCUT2D eigenvalue weighted by Crippen LogP contribution is -2.52. The Balaban J connectivity index is 1.72. The van der Waals surface area contributed by atoms with Gasteiger partial charge in [-0.15, -0.1) is 0 Å². The number of nitro benzene ring substituents is 1. The monoisotopic (exact) mass is 350 g/mol. The second-order valence-corrected chi connectivity index (χ2v) is 8.01. The van der Waals surface area contributed by atoms with Gasteiger partial charge < -0.3 is 5.32 Å². The molecule has 1 aromatic heterocycles. The molecule has 0 amide bonds. The standard InChI is InChI=1S/C15H18N4O4S/c1-2-24(22,23)18-9-11(10-18)8-17-13-5-6-14(19(20)21)12-4-3-7-16-15(12)13/h3-7,11,17H,2,8-10H2,1H3. The summed E-state index contributed by atoms with van der Waals surface area (Å²) in [5, 5.41) is 14.8. The van der Waals surface area contributed by atoms with E-state index in [1.165, 1.54) is 10.4 Å². The van der Waals surface area contributed by atoms with Crippen molar-refractivity contribution in [1.82, 2.24) is 9.29 Å². The first kappa shape index (κ1) is 16.6. The smallest absolute Gasteiger partial charge is 0.278 e. The minimum absolute atomic E-state index is 0.0208. The molecule has 0 spiro atoms. The van der Waals surface area contributed by atoms with E-state index in [0.29, 0.717) is 36.2 Å². The Bertz CT molecular complexity index is 878. The van der Waals surface area contributed by atoms with Crippen LogP contribution in [0.15, 0.2) is 30.5 Å². The quantitative estimate of drug-likeness (QED) is 0.629. The molecule has 24 heavy (non-hydrogen) atoms. The molecule has 0 atom stereocenters. The van der Waals surface area contributed by atoms with Crippen molar-refractivity contribution in [3.8, 4) is 0 Å². The molecule has 3 rings (SSSR count). The van der Waals surface area contributed by atoms with Gasteiger partial charge in [0.2, 0.25) is 10.0 Å². The number of nitrogens with one attached hydrogen (secondary N) is 1. The molecule has 8 nitrogen and oxygen atoms in total. The van der Waals surface area contributed by atoms with Crippen molar-refractivity contribution in [2.75, 3.05) is 30.7 Å². The van der Waals surface area contributed by atoms with E-state index in [1.54, 1.807) is 31.3 Å². The highest BCUT2D eigenvalue weighted by Gasteiger charge is 2.34. The van der Waals surface area contributed by atoms with E-state index in [4.69, 9.17) is 0 Å². The van der Waals surface area contributed by atoms with E-state index in [-0.39, 0.29) is 17.4 Å². The van der Waals surface area contributed by atoms with Crippen LogP contribution in [0.5, 0.6) is 0 Å². The van der Waals surface area contributed by atoms with Gasteiger partial charge in [0.05, 0.1) is 21.7 Å². The summed E-state index contributed by atoms with van der Waals surface area (Å²) in [4.78, 5) is 14.9. The fourth-order valence-corrected chi connectivity index (χ4v) is 4.02. The Labute approximate surface area is 139 Å². The summed E-state index contributed by atoms with van der Waals surface area (Å²) >= 11 is 0. The first-order chi connectivity index (χ1) is 11.4. The van der Waals surface area contributed by atoms with Gasteiger partial charge in [0.25, 0.3) is 5.69 Å². The zero-order valence-electron chi connectivity index (χ0n) is 13.2. The number of benzene rings is 1. The summed E-state index contributed by atoms with van der Waals surface area (Å²) < 4.78 is 24.9. The van der Waals surface area contributed by atoms with Crippen LogP contribution in [0.1, 0.15) is 6.92 Å². The van der Waals surface area contributed by atoms with Gasteiger partial charge in [0.15, 0.2) is 0 Å². The molecule has 1 saturated heterocycles. The topological polar surface area (TPSA) is 105 Å². The molecule has 0 unspecified atom stereocenters. The molecule has 128 valence electrons. The third-order valence-corrected chi connectivity index (χ3v) is 6.02. The van der Waals surface area contributed by atoms with E-state index in [0.717, 1.165) is 0 Å². The Hall–Kier alpha value is -2.26. The number of nitro groups is 1. The summed E-state index contributed by atoms with van der Waals surface area (Å²) in [6.07, 6.45) is 1.59. The average molecular weight is 350 g/mol. The molecule has 0 saturated carbocycles. The highest BCUT2D eigenvalue weighted by molar-refractivity contribution is 7.89. The lowest BCUT2D eigenvalue weighted by molar-refractivity contribution is -0.383. The van der Waals surface area contributed by atoms with Crippen LogP contribution >= 0.6 is 0 Å². The minimum atomic E-state index is -3.11. The number of hydrogen-bond acceptors (Lipinski definition) is 6. The van der Waals surface area contributed by atoms with Crippen molar-refractivity contribution in [2.24, 2.45) is 5.92 Å². The second-order valence-electron chi connectivity index (χ2n) is 5.75. The van der Waals surface area contributed by atoms with Crippen LogP contribution in [0.25, 0.3) is 10.9 Å². The molecule has 2 heterocycles. The number of nitrogens with zero attached hydrogens (tertiary/aromatic N) is 3. The molecule has 0 aliphatic carbocycles. The zero-order valence-corrected chi connectivity index (χ0v) is 14.0. The predicted molar refractivity (Wildman–Crippen MR) is 91.4 cm³/mol. The van der Waals surface area contributed by atoms with Crippen LogP contribution in [0.4, 0.5) is 11.4 Å². The fourth-order valence-electron chi connectivity index (χ4n) is 2.78. The van der Waals surface area contributed by atoms with Crippen molar-refractivity contribution in [3.63, 3.8) is 0 Å². The predicted octanol–water partition coefficient (Wildman–Crippen LogP) is 1.84. The van der Waals surface area contributed by atoms with Gasteiger partial charge in [0.1, 0.15) is 5.52 Å². The van der Waals surface area contributed by atoms with Gasteiger partial charge in [-0.1, -0.05) is 0 Å². The van der Waals surface area contributed by atoms with Gasteiger partial charge >= 0.3 is 0 Å². The summed E-state index contributed by atoms with van der Waals surface area (Å²) in [6.45, 7) is 3.23. The highest BCUT2D eigenvalue weighted by Crippen LogP contribution is 2.30. The van der Waals surface area contributed by atoms with Crippen LogP contribution in [-0.4, -0.2) is 48.0 Å². The number of aromatic nitrogens is 1. The number of fused-ring (bicyclic) bond motifs is 1. The number of non-ortho nitro benzene ring substituents is 1. The van der Waals surface area contributed by atoms with Gasteiger partial charge in [-0.25, -0.2) is 12.7 Å². The van der Waals surface area contributed by atoms with Crippen LogP contribution in [0.2, 0.25) is 0 Å². The zero-order chi connectivity index (χ0) is 17.3. The van der Waals surface area contributed by atoms with E-state index < -0.39 is 14.9 Å². The molecule has 0 bridgehead atoms. The van der Waals surface area contributed by atoms with Crippen molar-refractivity contribution in [2.45, 2.75) is 6.92 Å². The molecule has 1 aliphatic rings. The lowest BCUT2D eigenvalue weighted by atomic mass is 10.0. The fraction of sp³-hybridized carbons (Fsp3) is 0.400. The summed E-state index contributed by atoms with van der Waals surface area (Å²) in [5.74, 6) is 0.338. The maximum absolute atomic E-state index is 11.7. The lowest BCUT2D eigenvalue weighted by Gasteiger charge is -2.38. The molecule has 1 aromatic carbocycles. The Morgan fingerprint density at radius 3 is 2.79 bits per heavy atom. The molecule has 2 aromatic rings. The molecule has 1 aliphatic heterocycles. The van der Waals surface area contributed by atoms with Crippen molar-refractivity contribution >= 4 is 32.3 Å². The van der Waals surface area contributed by atoms with Crippen LogP contribution in [-0.2, 0) is 10.0 Å². The SMILES string of the molecule is CCS(=O)(=O)N1CC(CNc2ccc([N+](=O)[O-])c3cccnc23)C1. The number of rotatable bonds is 6. The first-order valence-electron chi connectivity index (χ1n) is 7.66. The van der Waals surface area contributed by atoms with Crippen LogP contribution in [0.3, 0.4) is 0 Å². The number of sulfonamides is 1. The largest absolute Gasteiger partial charge is 0.383 e. The minimum Gasteiger partial charge on any atom is -0.383 e. The number of anilines is 1.